The van der Waals surface area contributed by atoms with E-state index < -0.39 is 16.0 Å². The van der Waals surface area contributed by atoms with Gasteiger partial charge in [-0.1, -0.05) is 0 Å². The Morgan fingerprint density at radius 2 is 1.87 bits per heavy atom. The standard InChI is InChI=1S/C14H20N2O5S.ClH/c1-3-21-13-5-4-11(10-12(13)14(17)18)22(19,20)16-8-6-15(2)7-9-16;/h4-5,10H,3,6-9H2,1-2H3,(H,17,18);1H. The van der Waals surface area contributed by atoms with Crippen LogP contribution in [0.3, 0.4) is 0 Å². The summed E-state index contributed by atoms with van der Waals surface area (Å²) in [5, 5.41) is 9.23. The molecule has 1 aliphatic rings. The van der Waals surface area contributed by atoms with Gasteiger partial charge in [0.15, 0.2) is 0 Å². The summed E-state index contributed by atoms with van der Waals surface area (Å²) in [6.07, 6.45) is 0. The zero-order chi connectivity index (χ0) is 16.3. The van der Waals surface area contributed by atoms with E-state index in [1.165, 1.54) is 22.5 Å². The van der Waals surface area contributed by atoms with E-state index in [1.807, 2.05) is 11.9 Å². The van der Waals surface area contributed by atoms with Crippen LogP contribution < -0.4 is 4.74 Å². The van der Waals surface area contributed by atoms with Crippen LogP contribution in [0.25, 0.3) is 0 Å². The molecule has 2 rings (SSSR count). The quantitative estimate of drug-likeness (QED) is 0.843. The van der Waals surface area contributed by atoms with Gasteiger partial charge in [-0.05, 0) is 32.2 Å². The van der Waals surface area contributed by atoms with Gasteiger partial charge in [0, 0.05) is 26.2 Å². The zero-order valence-corrected chi connectivity index (χ0v) is 14.7. The maximum absolute atomic E-state index is 12.6. The average molecular weight is 365 g/mol. The number of likely N-dealkylation sites (N-methyl/N-ethyl adjacent to an activating group) is 1. The second kappa shape index (κ2) is 7.96. The van der Waals surface area contributed by atoms with Crippen LogP contribution in [0, 0.1) is 0 Å². The fourth-order valence-corrected chi connectivity index (χ4v) is 3.74. The molecule has 9 heteroatoms. The van der Waals surface area contributed by atoms with Crippen molar-refractivity contribution in [2.75, 3.05) is 39.8 Å². The molecule has 7 nitrogen and oxygen atoms in total. The van der Waals surface area contributed by atoms with E-state index in [-0.39, 0.29) is 28.6 Å². The van der Waals surface area contributed by atoms with Gasteiger partial charge in [0.05, 0.1) is 11.5 Å². The van der Waals surface area contributed by atoms with Crippen molar-refractivity contribution in [2.45, 2.75) is 11.8 Å². The largest absolute Gasteiger partial charge is 0.493 e. The third-order valence-electron chi connectivity index (χ3n) is 3.58. The first kappa shape index (κ1) is 19.7. The van der Waals surface area contributed by atoms with E-state index in [9.17, 15) is 18.3 Å². The van der Waals surface area contributed by atoms with Crippen LogP contribution >= 0.6 is 12.4 Å². The normalized spacial score (nSPS) is 16.6. The molecule has 0 unspecified atom stereocenters. The first-order valence-corrected chi connectivity index (χ1v) is 8.49. The second-order valence-electron chi connectivity index (χ2n) is 5.10. The van der Waals surface area contributed by atoms with Gasteiger partial charge < -0.3 is 14.7 Å². The summed E-state index contributed by atoms with van der Waals surface area (Å²) in [4.78, 5) is 13.3. The lowest BCUT2D eigenvalue weighted by Crippen LogP contribution is -2.47. The topological polar surface area (TPSA) is 87.2 Å². The highest BCUT2D eigenvalue weighted by atomic mass is 35.5. The van der Waals surface area contributed by atoms with Gasteiger partial charge in [-0.25, -0.2) is 13.2 Å². The van der Waals surface area contributed by atoms with Crippen molar-refractivity contribution in [3.05, 3.63) is 23.8 Å². The van der Waals surface area contributed by atoms with Gasteiger partial charge in [0.1, 0.15) is 11.3 Å². The Morgan fingerprint density at radius 1 is 1.26 bits per heavy atom. The molecule has 0 spiro atoms. The Balaban J connectivity index is 0.00000264. The molecule has 0 atom stereocenters. The molecule has 0 aliphatic carbocycles. The number of nitrogens with zero attached hydrogens (tertiary/aromatic N) is 2. The van der Waals surface area contributed by atoms with Gasteiger partial charge in [0.25, 0.3) is 0 Å². The number of carboxylic acids is 1. The summed E-state index contributed by atoms with van der Waals surface area (Å²) in [6.45, 7) is 4.15. The van der Waals surface area contributed by atoms with Gasteiger partial charge in [-0.3, -0.25) is 0 Å². The number of rotatable bonds is 5. The number of carbonyl (C=O) groups is 1. The number of aromatic carboxylic acids is 1. The highest BCUT2D eigenvalue weighted by molar-refractivity contribution is 7.89. The number of hydrogen-bond acceptors (Lipinski definition) is 5. The maximum atomic E-state index is 12.6. The fraction of sp³-hybridized carbons (Fsp3) is 0.500. The van der Waals surface area contributed by atoms with E-state index >= 15 is 0 Å². The molecule has 0 aromatic heterocycles. The third-order valence-corrected chi connectivity index (χ3v) is 5.48. The summed E-state index contributed by atoms with van der Waals surface area (Å²) < 4.78 is 31.8. The maximum Gasteiger partial charge on any atom is 0.339 e. The van der Waals surface area contributed by atoms with E-state index in [0.717, 1.165) is 0 Å². The first-order valence-electron chi connectivity index (χ1n) is 7.05. The minimum Gasteiger partial charge on any atom is -0.493 e. The van der Waals surface area contributed by atoms with Gasteiger partial charge in [-0.15, -0.1) is 12.4 Å². The molecule has 0 radical (unpaired) electrons. The van der Waals surface area contributed by atoms with Crippen molar-refractivity contribution in [1.82, 2.24) is 9.21 Å². The average Bonchev–Trinajstić information content (AvgIpc) is 2.48. The Bertz CT molecular complexity index is 657. The lowest BCUT2D eigenvalue weighted by atomic mass is 10.2. The predicted octanol–water partition coefficient (Wildman–Crippen LogP) is 1.14. The SMILES string of the molecule is CCOc1ccc(S(=O)(=O)N2CCN(C)CC2)cc1C(=O)O.Cl. The summed E-state index contributed by atoms with van der Waals surface area (Å²) in [7, 11) is -1.75. The Labute approximate surface area is 142 Å². The smallest absolute Gasteiger partial charge is 0.339 e. The molecule has 23 heavy (non-hydrogen) atoms. The van der Waals surface area contributed by atoms with Crippen LogP contribution in [0.4, 0.5) is 0 Å². The van der Waals surface area contributed by atoms with Crippen molar-refractivity contribution in [1.29, 1.82) is 0 Å². The molecule has 1 aliphatic heterocycles. The second-order valence-corrected chi connectivity index (χ2v) is 7.04. The predicted molar refractivity (Wildman–Crippen MR) is 88.1 cm³/mol. The Morgan fingerprint density at radius 3 is 2.39 bits per heavy atom. The van der Waals surface area contributed by atoms with Crippen LogP contribution in [-0.4, -0.2) is 68.5 Å². The first-order chi connectivity index (χ1) is 10.4. The number of ether oxygens (including phenoxy) is 1. The van der Waals surface area contributed by atoms with E-state index in [1.54, 1.807) is 6.92 Å². The Kier molecular flexibility index (Phi) is 6.82. The summed E-state index contributed by atoms with van der Waals surface area (Å²) in [5.74, 6) is -1.04. The molecule has 1 fully saturated rings. The monoisotopic (exact) mass is 364 g/mol. The molecule has 1 N–H and O–H groups in total. The summed E-state index contributed by atoms with van der Waals surface area (Å²) in [5.41, 5.74) is -0.142. The molecule has 0 saturated carbocycles. The van der Waals surface area contributed by atoms with Crippen LogP contribution in [0.15, 0.2) is 23.1 Å². The lowest BCUT2D eigenvalue weighted by molar-refractivity contribution is 0.0692. The van der Waals surface area contributed by atoms with E-state index in [2.05, 4.69) is 0 Å². The van der Waals surface area contributed by atoms with Crippen molar-refractivity contribution >= 4 is 28.4 Å². The number of sulfonamides is 1. The molecule has 1 aromatic rings. The van der Waals surface area contributed by atoms with Crippen molar-refractivity contribution in [3.63, 3.8) is 0 Å². The number of piperazine rings is 1. The molecular weight excluding hydrogens is 344 g/mol. The summed E-state index contributed by atoms with van der Waals surface area (Å²) >= 11 is 0. The highest BCUT2D eigenvalue weighted by Gasteiger charge is 2.28. The number of hydrogen-bond donors (Lipinski definition) is 1. The highest BCUT2D eigenvalue weighted by Crippen LogP contribution is 2.25. The fourth-order valence-electron chi connectivity index (χ4n) is 2.30. The molecule has 0 amide bonds. The van der Waals surface area contributed by atoms with Crippen LogP contribution in [0.2, 0.25) is 0 Å². The minimum atomic E-state index is -3.69. The summed E-state index contributed by atoms with van der Waals surface area (Å²) in [6, 6.07) is 3.96. The molecular formula is C14H21ClN2O5S. The third kappa shape index (κ3) is 4.35. The minimum absolute atomic E-state index is 0. The van der Waals surface area contributed by atoms with Gasteiger partial charge in [-0.2, -0.15) is 4.31 Å². The zero-order valence-electron chi connectivity index (χ0n) is 13.1. The van der Waals surface area contributed by atoms with Crippen molar-refractivity contribution < 1.29 is 23.1 Å². The van der Waals surface area contributed by atoms with E-state index in [4.69, 9.17) is 4.74 Å². The molecule has 1 saturated heterocycles. The van der Waals surface area contributed by atoms with Crippen LogP contribution in [0.1, 0.15) is 17.3 Å². The van der Waals surface area contributed by atoms with Crippen molar-refractivity contribution in [2.24, 2.45) is 0 Å². The van der Waals surface area contributed by atoms with Gasteiger partial charge in [0.2, 0.25) is 10.0 Å². The number of benzene rings is 1. The lowest BCUT2D eigenvalue weighted by Gasteiger charge is -2.31. The molecule has 0 bridgehead atoms. The van der Waals surface area contributed by atoms with E-state index in [0.29, 0.717) is 32.8 Å². The molecule has 130 valence electrons. The molecule has 1 aromatic carbocycles. The Hall–Kier alpha value is -1.35. The van der Waals surface area contributed by atoms with Crippen molar-refractivity contribution in [3.8, 4) is 5.75 Å². The number of carboxylic acid groups (broad SMARTS) is 1. The number of halogens is 1. The van der Waals surface area contributed by atoms with Gasteiger partial charge >= 0.3 is 5.97 Å². The molecule has 1 heterocycles. The van der Waals surface area contributed by atoms with Crippen LogP contribution in [-0.2, 0) is 10.0 Å². The van der Waals surface area contributed by atoms with Crippen LogP contribution in [0.5, 0.6) is 5.75 Å².